The van der Waals surface area contributed by atoms with Gasteiger partial charge in [0, 0.05) is 10.6 Å². The molecule has 1 fully saturated rings. The molecule has 104 valence electrons. The third-order valence-electron chi connectivity index (χ3n) is 3.19. The van der Waals surface area contributed by atoms with Gasteiger partial charge in [-0.15, -0.1) is 0 Å². The van der Waals surface area contributed by atoms with Gasteiger partial charge in [0.2, 0.25) is 17.6 Å². The van der Waals surface area contributed by atoms with E-state index in [1.807, 2.05) is 6.07 Å². The number of hydrogen-bond acceptors (Lipinski definition) is 5. The highest BCUT2D eigenvalue weighted by Gasteiger charge is 2.45. The molecular formula is C13H13ClN4O2. The number of nitrogens with one attached hydrogen (secondary N) is 1. The summed E-state index contributed by atoms with van der Waals surface area (Å²) in [6.45, 7) is 0.172. The standard InChI is InChI=1S/C13H13ClN4O2/c14-9-3-1-2-8(6-9)11-17-10(20-18-11)7-16-12(19)13(15)4-5-13/h1-3,6H,4-5,7,15H2,(H,16,19). The molecule has 0 bridgehead atoms. The van der Waals surface area contributed by atoms with Crippen LogP contribution in [0.3, 0.4) is 0 Å². The molecule has 20 heavy (non-hydrogen) atoms. The number of carbonyl (C=O) groups excluding carboxylic acids is 1. The number of benzene rings is 1. The number of carbonyl (C=O) groups is 1. The lowest BCUT2D eigenvalue weighted by molar-refractivity contribution is -0.123. The van der Waals surface area contributed by atoms with Crippen molar-refractivity contribution >= 4 is 17.5 Å². The number of aromatic nitrogens is 2. The molecular weight excluding hydrogens is 280 g/mol. The van der Waals surface area contributed by atoms with Crippen LogP contribution in [0.1, 0.15) is 18.7 Å². The van der Waals surface area contributed by atoms with Crippen LogP contribution < -0.4 is 11.1 Å². The average Bonchev–Trinajstić information content (AvgIpc) is 3.02. The van der Waals surface area contributed by atoms with Crippen molar-refractivity contribution in [2.24, 2.45) is 5.73 Å². The van der Waals surface area contributed by atoms with E-state index in [1.165, 1.54) is 0 Å². The van der Waals surface area contributed by atoms with Gasteiger partial charge in [0.25, 0.3) is 0 Å². The van der Waals surface area contributed by atoms with Crippen molar-refractivity contribution < 1.29 is 9.32 Å². The van der Waals surface area contributed by atoms with Crippen molar-refractivity contribution in [3.8, 4) is 11.4 Å². The van der Waals surface area contributed by atoms with Gasteiger partial charge in [-0.05, 0) is 25.0 Å². The fraction of sp³-hybridized carbons (Fsp3) is 0.308. The van der Waals surface area contributed by atoms with Crippen LogP contribution in [0.25, 0.3) is 11.4 Å². The number of hydrogen-bond donors (Lipinski definition) is 2. The molecule has 0 aliphatic heterocycles. The Kier molecular flexibility index (Phi) is 3.19. The van der Waals surface area contributed by atoms with E-state index in [-0.39, 0.29) is 12.5 Å². The fourth-order valence-electron chi connectivity index (χ4n) is 1.77. The lowest BCUT2D eigenvalue weighted by Gasteiger charge is -2.07. The first kappa shape index (κ1) is 13.1. The minimum Gasteiger partial charge on any atom is -0.345 e. The van der Waals surface area contributed by atoms with Crippen LogP contribution in [-0.2, 0) is 11.3 Å². The number of amides is 1. The van der Waals surface area contributed by atoms with Gasteiger partial charge in [0.1, 0.15) is 0 Å². The molecule has 0 unspecified atom stereocenters. The summed E-state index contributed by atoms with van der Waals surface area (Å²) in [5.74, 6) is 0.586. The topological polar surface area (TPSA) is 94.0 Å². The lowest BCUT2D eigenvalue weighted by atomic mass is 10.2. The van der Waals surface area contributed by atoms with E-state index in [0.29, 0.717) is 16.7 Å². The second kappa shape index (κ2) is 4.88. The Labute approximate surface area is 120 Å². The Morgan fingerprint density at radius 2 is 2.30 bits per heavy atom. The summed E-state index contributed by atoms with van der Waals surface area (Å²) in [5, 5.41) is 7.15. The highest BCUT2D eigenvalue weighted by Crippen LogP contribution is 2.32. The molecule has 0 saturated heterocycles. The van der Waals surface area contributed by atoms with Gasteiger partial charge in [-0.3, -0.25) is 4.79 Å². The summed E-state index contributed by atoms with van der Waals surface area (Å²) in [5.41, 5.74) is 5.84. The molecule has 1 aliphatic carbocycles. The smallest absolute Gasteiger partial charge is 0.246 e. The van der Waals surface area contributed by atoms with Crippen molar-refractivity contribution in [1.29, 1.82) is 0 Å². The third-order valence-corrected chi connectivity index (χ3v) is 3.43. The molecule has 0 spiro atoms. The molecule has 1 aromatic heterocycles. The first-order valence-corrected chi connectivity index (χ1v) is 6.60. The van der Waals surface area contributed by atoms with Crippen LogP contribution in [0, 0.1) is 0 Å². The molecule has 1 heterocycles. The zero-order valence-electron chi connectivity index (χ0n) is 10.6. The van der Waals surface area contributed by atoms with Gasteiger partial charge >= 0.3 is 0 Å². The Morgan fingerprint density at radius 1 is 1.50 bits per heavy atom. The molecule has 6 nitrogen and oxygen atoms in total. The normalized spacial score (nSPS) is 15.9. The van der Waals surface area contributed by atoms with Crippen LogP contribution in [0.5, 0.6) is 0 Å². The van der Waals surface area contributed by atoms with E-state index in [2.05, 4.69) is 15.5 Å². The molecule has 1 saturated carbocycles. The van der Waals surface area contributed by atoms with Crippen molar-refractivity contribution in [2.45, 2.75) is 24.9 Å². The summed E-state index contributed by atoms with van der Waals surface area (Å²) < 4.78 is 5.08. The van der Waals surface area contributed by atoms with E-state index in [4.69, 9.17) is 21.9 Å². The number of halogens is 1. The molecule has 1 amide bonds. The van der Waals surface area contributed by atoms with Crippen LogP contribution in [0.2, 0.25) is 5.02 Å². The third kappa shape index (κ3) is 2.66. The van der Waals surface area contributed by atoms with Crippen LogP contribution in [0.15, 0.2) is 28.8 Å². The Morgan fingerprint density at radius 3 is 3.00 bits per heavy atom. The minimum atomic E-state index is -0.699. The van der Waals surface area contributed by atoms with Gasteiger partial charge in [-0.25, -0.2) is 0 Å². The Balaban J connectivity index is 1.66. The maximum absolute atomic E-state index is 11.7. The maximum Gasteiger partial charge on any atom is 0.246 e. The molecule has 1 aliphatic rings. The van der Waals surface area contributed by atoms with Gasteiger partial charge in [0.05, 0.1) is 12.1 Å². The quantitative estimate of drug-likeness (QED) is 0.890. The average molecular weight is 293 g/mol. The monoisotopic (exact) mass is 292 g/mol. The summed E-state index contributed by atoms with van der Waals surface area (Å²) in [6, 6.07) is 7.15. The fourth-order valence-corrected chi connectivity index (χ4v) is 1.96. The van der Waals surface area contributed by atoms with E-state index < -0.39 is 5.54 Å². The van der Waals surface area contributed by atoms with Gasteiger partial charge < -0.3 is 15.6 Å². The van der Waals surface area contributed by atoms with E-state index in [1.54, 1.807) is 18.2 Å². The Hall–Kier alpha value is -1.92. The molecule has 2 aromatic rings. The van der Waals surface area contributed by atoms with Crippen LogP contribution in [0.4, 0.5) is 0 Å². The van der Waals surface area contributed by atoms with E-state index in [0.717, 1.165) is 18.4 Å². The predicted octanol–water partition coefficient (Wildman–Crippen LogP) is 1.50. The van der Waals surface area contributed by atoms with Crippen molar-refractivity contribution in [2.75, 3.05) is 0 Å². The number of nitrogens with zero attached hydrogens (tertiary/aromatic N) is 2. The van der Waals surface area contributed by atoms with E-state index in [9.17, 15) is 4.79 Å². The lowest BCUT2D eigenvalue weighted by Crippen LogP contribution is -2.42. The summed E-state index contributed by atoms with van der Waals surface area (Å²) >= 11 is 5.90. The summed E-state index contributed by atoms with van der Waals surface area (Å²) in [7, 11) is 0. The van der Waals surface area contributed by atoms with Crippen molar-refractivity contribution in [1.82, 2.24) is 15.5 Å². The van der Waals surface area contributed by atoms with Crippen LogP contribution >= 0.6 is 11.6 Å². The molecule has 1 aromatic carbocycles. The number of nitrogens with two attached hydrogens (primary N) is 1. The molecule has 3 N–H and O–H groups in total. The first-order valence-electron chi connectivity index (χ1n) is 6.22. The molecule has 7 heteroatoms. The first-order chi connectivity index (χ1) is 9.57. The largest absolute Gasteiger partial charge is 0.345 e. The minimum absolute atomic E-state index is 0.172. The predicted molar refractivity (Wildman–Crippen MR) is 72.7 cm³/mol. The Bertz CT molecular complexity index is 651. The van der Waals surface area contributed by atoms with Gasteiger partial charge in [-0.1, -0.05) is 28.9 Å². The molecule has 0 atom stereocenters. The highest BCUT2D eigenvalue weighted by molar-refractivity contribution is 6.30. The zero-order chi connectivity index (χ0) is 14.2. The molecule has 0 radical (unpaired) electrons. The van der Waals surface area contributed by atoms with Crippen LogP contribution in [-0.4, -0.2) is 21.6 Å². The highest BCUT2D eigenvalue weighted by atomic mass is 35.5. The summed E-state index contributed by atoms with van der Waals surface area (Å²) in [4.78, 5) is 15.9. The molecule has 3 rings (SSSR count). The second-order valence-corrected chi connectivity index (χ2v) is 5.30. The van der Waals surface area contributed by atoms with E-state index >= 15 is 0 Å². The van der Waals surface area contributed by atoms with Gasteiger partial charge in [0.15, 0.2) is 0 Å². The number of rotatable bonds is 4. The zero-order valence-corrected chi connectivity index (χ0v) is 11.4. The van der Waals surface area contributed by atoms with Crippen molar-refractivity contribution in [3.63, 3.8) is 0 Å². The summed E-state index contributed by atoms with van der Waals surface area (Å²) in [6.07, 6.45) is 1.44. The second-order valence-electron chi connectivity index (χ2n) is 4.86. The van der Waals surface area contributed by atoms with Gasteiger partial charge in [-0.2, -0.15) is 4.98 Å². The van der Waals surface area contributed by atoms with Crippen molar-refractivity contribution in [3.05, 3.63) is 35.2 Å². The SMILES string of the molecule is NC1(C(=O)NCc2nc(-c3cccc(Cl)c3)no2)CC1. The maximum atomic E-state index is 11.7.